The number of nitrogens with zero attached hydrogens (tertiary/aromatic N) is 1. The van der Waals surface area contributed by atoms with Crippen molar-refractivity contribution in [3.63, 3.8) is 0 Å². The zero-order valence-electron chi connectivity index (χ0n) is 16.8. The molecule has 1 aromatic heterocycles. The summed E-state index contributed by atoms with van der Waals surface area (Å²) in [7, 11) is 1.68. The molecule has 29 heavy (non-hydrogen) atoms. The molecular weight excluding hydrogens is 432 g/mol. The molecule has 0 aliphatic carbocycles. The van der Waals surface area contributed by atoms with E-state index in [0.29, 0.717) is 5.56 Å². The van der Waals surface area contributed by atoms with Crippen LogP contribution in [0.25, 0.3) is 10.9 Å². The van der Waals surface area contributed by atoms with Gasteiger partial charge < -0.3 is 14.6 Å². The van der Waals surface area contributed by atoms with Crippen molar-refractivity contribution in [1.29, 1.82) is 0 Å². The van der Waals surface area contributed by atoms with Gasteiger partial charge in [0.1, 0.15) is 5.75 Å². The van der Waals surface area contributed by atoms with Crippen LogP contribution >= 0.6 is 15.9 Å². The number of carbonyl (C=O) groups excluding carboxylic acids is 1. The van der Waals surface area contributed by atoms with Crippen LogP contribution in [0, 0.1) is 6.92 Å². The molecule has 2 aromatic carbocycles. The van der Waals surface area contributed by atoms with E-state index in [1.807, 2.05) is 31.2 Å². The van der Waals surface area contributed by atoms with Gasteiger partial charge in [-0.15, -0.1) is 0 Å². The number of aromatic nitrogens is 1. The predicted octanol–water partition coefficient (Wildman–Crippen LogP) is 4.04. The van der Waals surface area contributed by atoms with E-state index in [0.717, 1.165) is 34.3 Å². The van der Waals surface area contributed by atoms with Gasteiger partial charge >= 0.3 is 0 Å². The normalized spacial score (nSPS) is 18.9. The molecule has 0 radical (unpaired) electrons. The Morgan fingerprint density at radius 2 is 2.07 bits per heavy atom. The number of hydrogen-bond acceptors (Lipinski definition) is 4. The second-order valence-corrected chi connectivity index (χ2v) is 8.16. The van der Waals surface area contributed by atoms with E-state index < -0.39 is 0 Å². The van der Waals surface area contributed by atoms with E-state index >= 15 is 0 Å². The number of carbonyl (C=O) groups is 1. The minimum atomic E-state index is -0.148. The maximum absolute atomic E-state index is 12.6. The quantitative estimate of drug-likeness (QED) is 0.541. The Kier molecular flexibility index (Phi) is 5.63. The Labute approximate surface area is 178 Å². The van der Waals surface area contributed by atoms with Crippen LogP contribution in [-0.2, 0) is 6.54 Å². The lowest BCUT2D eigenvalue weighted by molar-refractivity contribution is 0.0932. The van der Waals surface area contributed by atoms with Crippen molar-refractivity contribution in [2.24, 2.45) is 0 Å². The Bertz CT molecular complexity index is 1060. The molecule has 1 saturated heterocycles. The van der Waals surface area contributed by atoms with E-state index in [2.05, 4.69) is 61.8 Å². The minimum Gasteiger partial charge on any atom is -0.497 e. The van der Waals surface area contributed by atoms with Crippen LogP contribution in [0.4, 0.5) is 0 Å². The molecule has 1 aliphatic rings. The molecule has 2 atom stereocenters. The fourth-order valence-corrected chi connectivity index (χ4v) is 4.22. The summed E-state index contributed by atoms with van der Waals surface area (Å²) in [6.45, 7) is 5.00. The minimum absolute atomic E-state index is 0.0913. The predicted molar refractivity (Wildman–Crippen MR) is 118 cm³/mol. The first kappa shape index (κ1) is 19.9. The van der Waals surface area contributed by atoms with Gasteiger partial charge in [-0.3, -0.25) is 4.79 Å². The highest BCUT2D eigenvalue weighted by Crippen LogP contribution is 2.30. The number of rotatable bonds is 5. The molecule has 6 nitrogen and oxygen atoms in total. The van der Waals surface area contributed by atoms with Crippen molar-refractivity contribution in [2.45, 2.75) is 39.0 Å². The molecule has 1 amide bonds. The van der Waals surface area contributed by atoms with E-state index in [1.165, 1.54) is 11.1 Å². The van der Waals surface area contributed by atoms with Gasteiger partial charge in [0.05, 0.1) is 24.8 Å². The molecule has 1 aliphatic heterocycles. The number of ether oxygens (including phenoxy) is 1. The number of aryl methyl sites for hydroxylation is 2. The number of fused-ring (bicyclic) bond motifs is 1. The van der Waals surface area contributed by atoms with Crippen LogP contribution in [0.1, 0.15) is 41.0 Å². The van der Waals surface area contributed by atoms with Gasteiger partial charge in [-0.1, -0.05) is 22.0 Å². The summed E-state index contributed by atoms with van der Waals surface area (Å²) in [5, 5.41) is 4.25. The molecule has 0 spiro atoms. The average Bonchev–Trinajstić information content (AvgIpc) is 3.33. The molecule has 3 N–H and O–H groups in total. The number of hydrazine groups is 1. The van der Waals surface area contributed by atoms with Crippen LogP contribution in [0.2, 0.25) is 0 Å². The number of hydrogen-bond donors (Lipinski definition) is 3. The molecule has 2 unspecified atom stereocenters. The molecule has 0 bridgehead atoms. The summed E-state index contributed by atoms with van der Waals surface area (Å²) in [4.78, 5) is 12.6. The van der Waals surface area contributed by atoms with Crippen LogP contribution in [0.15, 0.2) is 46.9 Å². The fraction of sp³-hybridized carbons (Fsp3) is 0.318. The molecular formula is C22H25BrN4O2. The zero-order valence-corrected chi connectivity index (χ0v) is 18.3. The Morgan fingerprint density at radius 1 is 1.24 bits per heavy atom. The van der Waals surface area contributed by atoms with Crippen molar-refractivity contribution in [2.75, 3.05) is 7.11 Å². The van der Waals surface area contributed by atoms with E-state index in [9.17, 15) is 4.79 Å². The van der Waals surface area contributed by atoms with Gasteiger partial charge in [-0.25, -0.2) is 10.9 Å². The molecule has 152 valence electrons. The van der Waals surface area contributed by atoms with Crippen molar-refractivity contribution in [3.8, 4) is 5.75 Å². The molecule has 4 rings (SSSR count). The largest absolute Gasteiger partial charge is 0.497 e. The van der Waals surface area contributed by atoms with Gasteiger partial charge in [0.25, 0.3) is 5.91 Å². The average molecular weight is 457 g/mol. The number of halogens is 1. The summed E-state index contributed by atoms with van der Waals surface area (Å²) in [5.74, 6) is 0.759. The molecule has 7 heteroatoms. The summed E-state index contributed by atoms with van der Waals surface area (Å²) in [6.07, 6.45) is 0.608. The third kappa shape index (κ3) is 3.90. The molecule has 2 heterocycles. The van der Waals surface area contributed by atoms with Crippen molar-refractivity contribution in [3.05, 3.63) is 63.8 Å². The number of amides is 1. The van der Waals surface area contributed by atoms with Crippen molar-refractivity contribution < 1.29 is 9.53 Å². The second kappa shape index (κ2) is 8.18. The lowest BCUT2D eigenvalue weighted by atomic mass is 10.1. The van der Waals surface area contributed by atoms with Crippen LogP contribution in [-0.4, -0.2) is 23.7 Å². The third-order valence-electron chi connectivity index (χ3n) is 5.46. The Morgan fingerprint density at radius 3 is 2.79 bits per heavy atom. The summed E-state index contributed by atoms with van der Waals surface area (Å²) in [6, 6.07) is 14.1. The third-order valence-corrected chi connectivity index (χ3v) is 6.31. The smallest absolute Gasteiger partial charge is 0.252 e. The standard InChI is InChI=1S/C22H25BrN4O2/c1-4-27-19-11-16(29-3)8-7-14(19)10-20(27)18-12-21(26-25-18)24-22(28)15-6-5-13(2)17(23)9-15/h5-11,18,21,25-26H,4,12H2,1-3H3,(H,24,28). The maximum atomic E-state index is 12.6. The van der Waals surface area contributed by atoms with E-state index in [1.54, 1.807) is 7.11 Å². The highest BCUT2D eigenvalue weighted by Gasteiger charge is 2.29. The summed E-state index contributed by atoms with van der Waals surface area (Å²) >= 11 is 3.49. The van der Waals surface area contributed by atoms with E-state index in [-0.39, 0.29) is 18.1 Å². The van der Waals surface area contributed by atoms with Gasteiger partial charge in [-0.2, -0.15) is 0 Å². The lowest BCUT2D eigenvalue weighted by Gasteiger charge is -2.14. The van der Waals surface area contributed by atoms with Crippen molar-refractivity contribution in [1.82, 2.24) is 20.7 Å². The molecule has 3 aromatic rings. The molecule has 0 saturated carbocycles. The van der Waals surface area contributed by atoms with Crippen LogP contribution in [0.5, 0.6) is 5.75 Å². The van der Waals surface area contributed by atoms with Crippen LogP contribution < -0.4 is 20.9 Å². The first-order chi connectivity index (χ1) is 14.0. The highest BCUT2D eigenvalue weighted by molar-refractivity contribution is 9.10. The molecule has 1 fully saturated rings. The Hall–Kier alpha value is -2.35. The monoisotopic (exact) mass is 456 g/mol. The number of benzene rings is 2. The van der Waals surface area contributed by atoms with Gasteiger partial charge in [0.15, 0.2) is 0 Å². The Balaban J connectivity index is 1.51. The van der Waals surface area contributed by atoms with Crippen molar-refractivity contribution >= 4 is 32.7 Å². The lowest BCUT2D eigenvalue weighted by Crippen LogP contribution is -2.44. The topological polar surface area (TPSA) is 67.3 Å². The fourth-order valence-electron chi connectivity index (χ4n) is 3.84. The first-order valence-corrected chi connectivity index (χ1v) is 10.5. The van der Waals surface area contributed by atoms with Gasteiger partial charge in [-0.05, 0) is 49.7 Å². The first-order valence-electron chi connectivity index (χ1n) is 9.75. The second-order valence-electron chi connectivity index (χ2n) is 7.31. The summed E-state index contributed by atoms with van der Waals surface area (Å²) in [5.41, 5.74) is 10.6. The van der Waals surface area contributed by atoms with E-state index in [4.69, 9.17) is 4.74 Å². The highest BCUT2D eigenvalue weighted by atomic mass is 79.9. The van der Waals surface area contributed by atoms with Crippen LogP contribution in [0.3, 0.4) is 0 Å². The van der Waals surface area contributed by atoms with Gasteiger partial charge in [0.2, 0.25) is 0 Å². The maximum Gasteiger partial charge on any atom is 0.252 e. The summed E-state index contributed by atoms with van der Waals surface area (Å²) < 4.78 is 8.61. The SMILES string of the molecule is CCn1c(C2CC(NC(=O)c3ccc(C)c(Br)c3)NN2)cc2ccc(OC)cc21. The van der Waals surface area contributed by atoms with Gasteiger partial charge in [0, 0.05) is 40.1 Å². The number of nitrogens with one attached hydrogen (secondary N) is 3. The zero-order chi connectivity index (χ0) is 20.5. The number of methoxy groups -OCH3 is 1.